The van der Waals surface area contributed by atoms with E-state index in [-0.39, 0.29) is 0 Å². The fourth-order valence-electron chi connectivity index (χ4n) is 1.87. The van der Waals surface area contributed by atoms with E-state index in [0.29, 0.717) is 0 Å². The third-order valence-corrected chi connectivity index (χ3v) is 3.68. The monoisotopic (exact) mass is 234 g/mol. The zero-order valence-electron chi connectivity index (χ0n) is 10.2. The van der Waals surface area contributed by atoms with Gasteiger partial charge in [0.1, 0.15) is 0 Å². The number of hydrogen-bond acceptors (Lipinski definition) is 2. The van der Waals surface area contributed by atoms with E-state index in [1.807, 2.05) is 18.1 Å². The van der Waals surface area contributed by atoms with Crippen LogP contribution in [0.5, 0.6) is 0 Å². The molecule has 0 aliphatic rings. The van der Waals surface area contributed by atoms with Crippen LogP contribution < -0.4 is 0 Å². The van der Waals surface area contributed by atoms with Gasteiger partial charge in [-0.3, -0.25) is 0 Å². The summed E-state index contributed by atoms with van der Waals surface area (Å²) in [5.41, 5.74) is 5.05. The van der Waals surface area contributed by atoms with Gasteiger partial charge in [0, 0.05) is 6.54 Å². The maximum absolute atomic E-state index is 4.46. The van der Waals surface area contributed by atoms with Crippen LogP contribution in [0, 0.1) is 13.8 Å². The van der Waals surface area contributed by atoms with E-state index in [2.05, 4.69) is 41.8 Å². The molecule has 0 aliphatic heterocycles. The van der Waals surface area contributed by atoms with Crippen molar-refractivity contribution in [1.29, 1.82) is 0 Å². The van der Waals surface area contributed by atoms with Crippen molar-refractivity contribution in [2.45, 2.75) is 26.8 Å². The molecule has 0 saturated carbocycles. The van der Waals surface area contributed by atoms with E-state index in [1.165, 1.54) is 28.8 Å². The van der Waals surface area contributed by atoms with Crippen LogP contribution in [0.25, 0.3) is 11.0 Å². The van der Waals surface area contributed by atoms with Crippen molar-refractivity contribution in [3.05, 3.63) is 29.6 Å². The predicted molar refractivity (Wildman–Crippen MR) is 72.2 cm³/mol. The van der Waals surface area contributed by atoms with E-state index in [1.54, 1.807) is 0 Å². The molecule has 1 aromatic heterocycles. The highest BCUT2D eigenvalue weighted by Gasteiger charge is 2.04. The van der Waals surface area contributed by atoms with Gasteiger partial charge in [-0.1, -0.05) is 0 Å². The van der Waals surface area contributed by atoms with Crippen molar-refractivity contribution >= 4 is 22.8 Å². The Bertz CT molecular complexity index is 488. The van der Waals surface area contributed by atoms with Crippen LogP contribution in [0.15, 0.2) is 18.5 Å². The predicted octanol–water partition coefficient (Wildman–Crippen LogP) is 3.41. The van der Waals surface area contributed by atoms with Crippen LogP contribution in [0.3, 0.4) is 0 Å². The molecule has 0 N–H and O–H groups in total. The number of aromatic nitrogens is 2. The molecule has 2 nitrogen and oxygen atoms in total. The molecule has 2 rings (SSSR count). The van der Waals surface area contributed by atoms with E-state index in [0.717, 1.165) is 12.1 Å². The van der Waals surface area contributed by atoms with Gasteiger partial charge in [0.25, 0.3) is 0 Å². The van der Waals surface area contributed by atoms with Gasteiger partial charge in [0.15, 0.2) is 0 Å². The van der Waals surface area contributed by atoms with Crippen molar-refractivity contribution in [3.63, 3.8) is 0 Å². The lowest BCUT2D eigenvalue weighted by Gasteiger charge is -2.05. The average Bonchev–Trinajstić information content (AvgIpc) is 2.63. The number of rotatable bonds is 4. The van der Waals surface area contributed by atoms with E-state index in [9.17, 15) is 0 Å². The molecule has 0 fully saturated rings. The Morgan fingerprint density at radius 3 is 2.75 bits per heavy atom. The minimum absolute atomic E-state index is 1.07. The van der Waals surface area contributed by atoms with Crippen LogP contribution in [-0.2, 0) is 6.54 Å². The third-order valence-electron chi connectivity index (χ3n) is 2.98. The van der Waals surface area contributed by atoms with Crippen molar-refractivity contribution < 1.29 is 0 Å². The lowest BCUT2D eigenvalue weighted by molar-refractivity contribution is 0.702. The molecule has 0 unspecified atom stereocenters. The molecule has 1 heterocycles. The highest BCUT2D eigenvalue weighted by atomic mass is 32.2. The van der Waals surface area contributed by atoms with Gasteiger partial charge in [-0.2, -0.15) is 11.8 Å². The quantitative estimate of drug-likeness (QED) is 0.755. The lowest BCUT2D eigenvalue weighted by Crippen LogP contribution is -1.97. The molecular weight excluding hydrogens is 216 g/mol. The zero-order valence-corrected chi connectivity index (χ0v) is 11.0. The maximum atomic E-state index is 4.46. The van der Waals surface area contributed by atoms with Crippen LogP contribution in [0.1, 0.15) is 17.5 Å². The van der Waals surface area contributed by atoms with Gasteiger partial charge in [-0.25, -0.2) is 4.98 Å². The summed E-state index contributed by atoms with van der Waals surface area (Å²) in [6.45, 7) is 5.37. The van der Waals surface area contributed by atoms with Gasteiger partial charge in [-0.15, -0.1) is 0 Å². The fourth-order valence-corrected chi connectivity index (χ4v) is 2.29. The van der Waals surface area contributed by atoms with E-state index in [4.69, 9.17) is 0 Å². The van der Waals surface area contributed by atoms with E-state index < -0.39 is 0 Å². The van der Waals surface area contributed by atoms with Gasteiger partial charge in [0.05, 0.1) is 17.4 Å². The van der Waals surface area contributed by atoms with Gasteiger partial charge >= 0.3 is 0 Å². The Morgan fingerprint density at radius 2 is 2.00 bits per heavy atom. The summed E-state index contributed by atoms with van der Waals surface area (Å²) in [5.74, 6) is 1.21. The van der Waals surface area contributed by atoms with Crippen molar-refractivity contribution in [2.24, 2.45) is 0 Å². The number of nitrogens with zero attached hydrogens (tertiary/aromatic N) is 2. The molecule has 0 saturated heterocycles. The lowest BCUT2D eigenvalue weighted by atomic mass is 10.1. The van der Waals surface area contributed by atoms with Crippen molar-refractivity contribution in [2.75, 3.05) is 12.0 Å². The smallest absolute Gasteiger partial charge is 0.0958 e. The van der Waals surface area contributed by atoms with Crippen LogP contribution in [0.4, 0.5) is 0 Å². The second kappa shape index (κ2) is 4.91. The number of thioether (sulfide) groups is 1. The van der Waals surface area contributed by atoms with Gasteiger partial charge in [0.2, 0.25) is 0 Å². The molecule has 2 aromatic rings. The fraction of sp³-hybridized carbons (Fsp3) is 0.462. The summed E-state index contributed by atoms with van der Waals surface area (Å²) >= 11 is 1.90. The highest BCUT2D eigenvalue weighted by Crippen LogP contribution is 2.18. The number of imidazole rings is 1. The first-order valence-corrected chi connectivity index (χ1v) is 7.03. The number of fused-ring (bicyclic) bond motifs is 1. The molecule has 0 spiro atoms. The molecule has 0 aliphatic carbocycles. The topological polar surface area (TPSA) is 17.8 Å². The average molecular weight is 234 g/mol. The Balaban J connectivity index is 2.29. The highest BCUT2D eigenvalue weighted by molar-refractivity contribution is 7.98. The summed E-state index contributed by atoms with van der Waals surface area (Å²) < 4.78 is 2.26. The summed E-state index contributed by atoms with van der Waals surface area (Å²) in [5, 5.41) is 0. The Labute approximate surface area is 101 Å². The van der Waals surface area contributed by atoms with Crippen molar-refractivity contribution in [3.8, 4) is 0 Å². The first-order chi connectivity index (χ1) is 7.72. The van der Waals surface area contributed by atoms with Crippen LogP contribution >= 0.6 is 11.8 Å². The number of benzene rings is 1. The van der Waals surface area contributed by atoms with Crippen LogP contribution in [-0.4, -0.2) is 21.6 Å². The Kier molecular flexibility index (Phi) is 3.54. The summed E-state index contributed by atoms with van der Waals surface area (Å²) in [4.78, 5) is 4.46. The standard InChI is InChI=1S/C13H18N2S/c1-10-7-12-13(8-11(10)2)15(9-14-12)5-4-6-16-3/h7-9H,4-6H2,1-3H3. The third kappa shape index (κ3) is 2.24. The van der Waals surface area contributed by atoms with E-state index >= 15 is 0 Å². The SMILES string of the molecule is CSCCCn1cnc2cc(C)c(C)cc21. The molecule has 1 aromatic carbocycles. The normalized spacial score (nSPS) is 11.2. The summed E-state index contributed by atoms with van der Waals surface area (Å²) in [6.07, 6.45) is 5.32. The summed E-state index contributed by atoms with van der Waals surface area (Å²) in [6, 6.07) is 4.42. The Hall–Kier alpha value is -0.960. The first-order valence-electron chi connectivity index (χ1n) is 5.63. The maximum Gasteiger partial charge on any atom is 0.0958 e. The van der Waals surface area contributed by atoms with Crippen molar-refractivity contribution in [1.82, 2.24) is 9.55 Å². The molecule has 86 valence electrons. The van der Waals surface area contributed by atoms with Gasteiger partial charge in [-0.05, 0) is 55.5 Å². The second-order valence-corrected chi connectivity index (χ2v) is 5.20. The summed E-state index contributed by atoms with van der Waals surface area (Å²) in [7, 11) is 0. The van der Waals surface area contributed by atoms with Gasteiger partial charge < -0.3 is 4.57 Å². The first kappa shape index (κ1) is 11.5. The number of aryl methyl sites for hydroxylation is 3. The molecule has 0 atom stereocenters. The molecule has 0 bridgehead atoms. The molecular formula is C13H18N2S. The van der Waals surface area contributed by atoms with Crippen LogP contribution in [0.2, 0.25) is 0 Å². The number of hydrogen-bond donors (Lipinski definition) is 0. The molecule has 0 radical (unpaired) electrons. The molecule has 16 heavy (non-hydrogen) atoms. The molecule has 0 amide bonds. The molecule has 3 heteroatoms. The Morgan fingerprint density at radius 1 is 1.25 bits per heavy atom. The second-order valence-electron chi connectivity index (χ2n) is 4.21. The minimum atomic E-state index is 1.07. The minimum Gasteiger partial charge on any atom is -0.331 e. The zero-order chi connectivity index (χ0) is 11.5. The largest absolute Gasteiger partial charge is 0.331 e.